The number of hydrogen-bond acceptors (Lipinski definition) is 4. The Kier molecular flexibility index (Phi) is 5.99. The van der Waals surface area contributed by atoms with Crippen molar-refractivity contribution in [3.63, 3.8) is 0 Å². The predicted octanol–water partition coefficient (Wildman–Crippen LogP) is 2.62. The van der Waals surface area contributed by atoms with E-state index in [2.05, 4.69) is 10.3 Å². The van der Waals surface area contributed by atoms with Gasteiger partial charge < -0.3 is 20.1 Å². The molecule has 144 valence electrons. The van der Waals surface area contributed by atoms with E-state index in [1.54, 1.807) is 0 Å². The molecule has 1 aliphatic heterocycles. The van der Waals surface area contributed by atoms with Crippen LogP contribution < -0.4 is 10.1 Å². The van der Waals surface area contributed by atoms with Gasteiger partial charge in [-0.15, -0.1) is 0 Å². The number of alkyl halides is 2. The summed E-state index contributed by atoms with van der Waals surface area (Å²) in [5.41, 5.74) is -0.314. The lowest BCUT2D eigenvalue weighted by atomic mass is 9.84. The highest BCUT2D eigenvalue weighted by Crippen LogP contribution is 2.35. The summed E-state index contributed by atoms with van der Waals surface area (Å²) in [5, 5.41) is 11.5. The second-order valence-electron chi connectivity index (χ2n) is 7.21. The minimum absolute atomic E-state index is 0.00366. The van der Waals surface area contributed by atoms with Crippen LogP contribution in [-0.4, -0.2) is 58.7 Å². The fraction of sp³-hybridized carbons (Fsp3) is 0.588. The summed E-state index contributed by atoms with van der Waals surface area (Å²) in [6.45, 7) is 5.49. The number of amides is 2. The van der Waals surface area contributed by atoms with Gasteiger partial charge in [-0.25, -0.2) is 18.6 Å². The van der Waals surface area contributed by atoms with Crippen LogP contribution in [0.3, 0.4) is 0 Å². The molecule has 2 rings (SSSR count). The van der Waals surface area contributed by atoms with E-state index in [1.807, 2.05) is 20.8 Å². The largest absolute Gasteiger partial charge is 0.487 e. The highest BCUT2D eigenvalue weighted by atomic mass is 19.3. The molecule has 2 heterocycles. The Balaban J connectivity index is 2.06. The lowest BCUT2D eigenvalue weighted by molar-refractivity contribution is 0.0570. The van der Waals surface area contributed by atoms with Crippen LogP contribution in [0, 0.1) is 5.41 Å². The van der Waals surface area contributed by atoms with Crippen LogP contribution in [0.2, 0.25) is 0 Å². The fourth-order valence-corrected chi connectivity index (χ4v) is 3.15. The first-order chi connectivity index (χ1) is 12.1. The van der Waals surface area contributed by atoms with Gasteiger partial charge >= 0.3 is 6.09 Å². The number of carboxylic acid groups (broad SMARTS) is 1. The van der Waals surface area contributed by atoms with Gasteiger partial charge in [0.25, 0.3) is 12.3 Å². The molecular formula is C17H23F2N3O4. The third kappa shape index (κ3) is 4.80. The molecular weight excluding hydrogens is 348 g/mol. The molecule has 9 heteroatoms. The third-order valence-corrected chi connectivity index (χ3v) is 4.15. The quantitative estimate of drug-likeness (QED) is 0.830. The predicted molar refractivity (Wildman–Crippen MR) is 89.6 cm³/mol. The van der Waals surface area contributed by atoms with E-state index in [1.165, 1.54) is 23.2 Å². The van der Waals surface area contributed by atoms with Crippen molar-refractivity contribution in [1.29, 1.82) is 0 Å². The van der Waals surface area contributed by atoms with Crippen LogP contribution in [0.25, 0.3) is 0 Å². The number of carbonyl (C=O) groups is 2. The SMILES string of the molecule is CC(C)(C)C1[C@H](Oc2ccc(C(=O)NCC(F)F)nc2)CCN1C(=O)O. The number of halogens is 2. The van der Waals surface area contributed by atoms with Crippen molar-refractivity contribution in [3.05, 3.63) is 24.0 Å². The number of carbonyl (C=O) groups excluding carboxylic acids is 1. The number of aromatic nitrogens is 1. The van der Waals surface area contributed by atoms with E-state index >= 15 is 0 Å². The molecule has 0 aliphatic carbocycles. The second kappa shape index (κ2) is 7.84. The zero-order valence-electron chi connectivity index (χ0n) is 14.9. The number of nitrogens with one attached hydrogen (secondary N) is 1. The average Bonchev–Trinajstić information content (AvgIpc) is 2.97. The zero-order valence-corrected chi connectivity index (χ0v) is 14.9. The van der Waals surface area contributed by atoms with E-state index in [9.17, 15) is 23.5 Å². The molecule has 0 bridgehead atoms. The monoisotopic (exact) mass is 371 g/mol. The number of nitrogens with zero attached hydrogens (tertiary/aromatic N) is 2. The summed E-state index contributed by atoms with van der Waals surface area (Å²) in [7, 11) is 0. The smallest absolute Gasteiger partial charge is 0.407 e. The number of likely N-dealkylation sites (tertiary alicyclic amines) is 1. The first kappa shape index (κ1) is 19.9. The average molecular weight is 371 g/mol. The van der Waals surface area contributed by atoms with Gasteiger partial charge in [0.05, 0.1) is 18.8 Å². The van der Waals surface area contributed by atoms with Crippen molar-refractivity contribution < 1.29 is 28.2 Å². The van der Waals surface area contributed by atoms with Crippen LogP contribution >= 0.6 is 0 Å². The molecule has 2 amide bonds. The first-order valence-corrected chi connectivity index (χ1v) is 8.28. The molecule has 7 nitrogen and oxygen atoms in total. The molecule has 1 unspecified atom stereocenters. The Morgan fingerprint density at radius 2 is 2.12 bits per heavy atom. The van der Waals surface area contributed by atoms with Crippen molar-refractivity contribution in [3.8, 4) is 5.75 Å². The maximum absolute atomic E-state index is 12.1. The molecule has 1 aromatic heterocycles. The van der Waals surface area contributed by atoms with Gasteiger partial charge in [-0.05, 0) is 17.5 Å². The minimum Gasteiger partial charge on any atom is -0.487 e. The third-order valence-electron chi connectivity index (χ3n) is 4.15. The molecule has 0 aromatic carbocycles. The first-order valence-electron chi connectivity index (χ1n) is 8.28. The van der Waals surface area contributed by atoms with Gasteiger partial charge in [-0.2, -0.15) is 0 Å². The van der Waals surface area contributed by atoms with Crippen molar-refractivity contribution in [2.24, 2.45) is 5.41 Å². The molecule has 0 spiro atoms. The molecule has 26 heavy (non-hydrogen) atoms. The standard InChI is InChI=1S/C17H23F2N3O4/c1-17(2,3)14-12(6-7-22(14)16(24)25)26-10-4-5-11(20-8-10)15(23)21-9-13(18)19/h4-5,8,12-14H,6-7,9H2,1-3H3,(H,21,23)(H,24,25)/t12-,14?/m1/s1. The molecule has 1 saturated heterocycles. The minimum atomic E-state index is -2.63. The van der Waals surface area contributed by atoms with E-state index in [-0.39, 0.29) is 23.3 Å². The number of pyridine rings is 1. The lowest BCUT2D eigenvalue weighted by Gasteiger charge is -2.36. The van der Waals surface area contributed by atoms with Crippen molar-refractivity contribution in [1.82, 2.24) is 15.2 Å². The summed E-state index contributed by atoms with van der Waals surface area (Å²) in [4.78, 5) is 28.4. The Bertz CT molecular complexity index is 646. The zero-order chi connectivity index (χ0) is 19.5. The summed E-state index contributed by atoms with van der Waals surface area (Å²) in [6, 6.07) is 2.58. The Morgan fingerprint density at radius 3 is 2.62 bits per heavy atom. The van der Waals surface area contributed by atoms with Gasteiger partial charge in [-0.1, -0.05) is 20.8 Å². The molecule has 1 fully saturated rings. The van der Waals surface area contributed by atoms with Crippen LogP contribution in [-0.2, 0) is 0 Å². The topological polar surface area (TPSA) is 91.8 Å². The number of rotatable bonds is 5. The Hall–Kier alpha value is -2.45. The number of hydrogen-bond donors (Lipinski definition) is 2. The normalized spacial score (nSPS) is 20.3. The van der Waals surface area contributed by atoms with E-state index < -0.39 is 25.0 Å². The lowest BCUT2D eigenvalue weighted by Crippen LogP contribution is -2.48. The Labute approximate surface area is 150 Å². The summed E-state index contributed by atoms with van der Waals surface area (Å²) >= 11 is 0. The van der Waals surface area contributed by atoms with E-state index in [4.69, 9.17) is 4.74 Å². The highest BCUT2D eigenvalue weighted by Gasteiger charge is 2.45. The van der Waals surface area contributed by atoms with Gasteiger partial charge in [-0.3, -0.25) is 4.79 Å². The second-order valence-corrected chi connectivity index (χ2v) is 7.21. The van der Waals surface area contributed by atoms with Crippen LogP contribution in [0.1, 0.15) is 37.7 Å². The molecule has 0 saturated carbocycles. The molecule has 0 radical (unpaired) electrons. The van der Waals surface area contributed by atoms with Crippen molar-refractivity contribution in [2.45, 2.75) is 45.8 Å². The van der Waals surface area contributed by atoms with Crippen LogP contribution in [0.4, 0.5) is 13.6 Å². The van der Waals surface area contributed by atoms with Crippen molar-refractivity contribution >= 4 is 12.0 Å². The van der Waals surface area contributed by atoms with E-state index in [0.29, 0.717) is 18.7 Å². The highest BCUT2D eigenvalue weighted by molar-refractivity contribution is 5.92. The molecule has 1 aromatic rings. The summed E-state index contributed by atoms with van der Waals surface area (Å²) < 4.78 is 30.2. The summed E-state index contributed by atoms with van der Waals surface area (Å²) in [5.74, 6) is -0.302. The van der Waals surface area contributed by atoms with Crippen LogP contribution in [0.5, 0.6) is 5.75 Å². The van der Waals surface area contributed by atoms with Crippen LogP contribution in [0.15, 0.2) is 18.3 Å². The van der Waals surface area contributed by atoms with Gasteiger partial charge in [0, 0.05) is 13.0 Å². The van der Waals surface area contributed by atoms with Gasteiger partial charge in [0.15, 0.2) is 0 Å². The van der Waals surface area contributed by atoms with Gasteiger partial charge in [0.2, 0.25) is 0 Å². The maximum atomic E-state index is 12.1. The maximum Gasteiger partial charge on any atom is 0.407 e. The number of ether oxygens (including phenoxy) is 1. The fourth-order valence-electron chi connectivity index (χ4n) is 3.15. The molecule has 1 aliphatic rings. The summed E-state index contributed by atoms with van der Waals surface area (Å²) in [6.07, 6.45) is -2.08. The van der Waals surface area contributed by atoms with Crippen molar-refractivity contribution in [2.75, 3.05) is 13.1 Å². The van der Waals surface area contributed by atoms with E-state index in [0.717, 1.165) is 0 Å². The molecule has 2 N–H and O–H groups in total. The van der Waals surface area contributed by atoms with Gasteiger partial charge in [0.1, 0.15) is 17.5 Å². The molecule has 2 atom stereocenters. The Morgan fingerprint density at radius 1 is 1.42 bits per heavy atom.